The molecule has 1 fully saturated rings. The maximum atomic E-state index is 12.4. The average molecular weight is 285 g/mol. The van der Waals surface area contributed by atoms with Crippen LogP contribution < -0.4 is 5.32 Å². The zero-order valence-corrected chi connectivity index (χ0v) is 11.9. The summed E-state index contributed by atoms with van der Waals surface area (Å²) in [6, 6.07) is 9.54. The Labute approximate surface area is 124 Å². The normalized spacial score (nSPS) is 18.5. The second kappa shape index (κ2) is 6.43. The molecule has 1 atom stereocenters. The van der Waals surface area contributed by atoms with Crippen molar-refractivity contribution >= 4 is 6.03 Å². The van der Waals surface area contributed by atoms with Crippen LogP contribution in [0, 0.1) is 0 Å². The number of urea groups is 1. The monoisotopic (exact) mass is 285 g/mol. The van der Waals surface area contributed by atoms with E-state index < -0.39 is 0 Å². The van der Waals surface area contributed by atoms with E-state index in [4.69, 9.17) is 4.42 Å². The van der Waals surface area contributed by atoms with Crippen molar-refractivity contribution in [1.29, 1.82) is 0 Å². The van der Waals surface area contributed by atoms with E-state index in [0.29, 0.717) is 6.54 Å². The zero-order chi connectivity index (χ0) is 14.5. The number of hydrogen-bond donors (Lipinski definition) is 1. The largest absolute Gasteiger partial charge is 0.467 e. The van der Waals surface area contributed by atoms with Crippen molar-refractivity contribution in [2.75, 3.05) is 6.54 Å². The summed E-state index contributed by atoms with van der Waals surface area (Å²) >= 11 is 0. The minimum Gasteiger partial charge on any atom is -0.467 e. The number of furan rings is 1. The summed E-state index contributed by atoms with van der Waals surface area (Å²) in [4.78, 5) is 18.7. The lowest BCUT2D eigenvalue weighted by Gasteiger charge is -2.35. The lowest BCUT2D eigenvalue weighted by molar-refractivity contribution is 0.148. The fraction of sp³-hybridized carbons (Fsp3) is 0.375. The van der Waals surface area contributed by atoms with Crippen LogP contribution in [-0.2, 0) is 6.54 Å². The molecular weight excluding hydrogens is 266 g/mol. The van der Waals surface area contributed by atoms with Gasteiger partial charge in [-0.1, -0.05) is 6.07 Å². The van der Waals surface area contributed by atoms with Crippen LogP contribution >= 0.6 is 0 Å². The summed E-state index contributed by atoms with van der Waals surface area (Å²) in [7, 11) is 0. The van der Waals surface area contributed by atoms with E-state index in [2.05, 4.69) is 10.3 Å². The summed E-state index contributed by atoms with van der Waals surface area (Å²) in [6.07, 6.45) is 6.52. The number of pyridine rings is 1. The quantitative estimate of drug-likeness (QED) is 0.942. The van der Waals surface area contributed by atoms with Crippen LogP contribution in [0.2, 0.25) is 0 Å². The highest BCUT2D eigenvalue weighted by Crippen LogP contribution is 2.29. The number of nitrogens with zero attached hydrogens (tertiary/aromatic N) is 2. The van der Waals surface area contributed by atoms with E-state index in [1.807, 2.05) is 35.2 Å². The summed E-state index contributed by atoms with van der Waals surface area (Å²) in [5.74, 6) is 0.759. The Morgan fingerprint density at radius 3 is 3.05 bits per heavy atom. The molecule has 1 N–H and O–H groups in total. The highest BCUT2D eigenvalue weighted by Gasteiger charge is 2.28. The number of hydrogen-bond acceptors (Lipinski definition) is 3. The van der Waals surface area contributed by atoms with Gasteiger partial charge in [0.2, 0.25) is 0 Å². The molecule has 110 valence electrons. The first-order valence-corrected chi connectivity index (χ1v) is 7.32. The molecule has 1 aliphatic heterocycles. The van der Waals surface area contributed by atoms with Crippen molar-refractivity contribution in [2.24, 2.45) is 0 Å². The van der Waals surface area contributed by atoms with Crippen LogP contribution in [0.1, 0.15) is 36.8 Å². The molecule has 0 bridgehead atoms. The molecule has 0 aliphatic carbocycles. The van der Waals surface area contributed by atoms with E-state index >= 15 is 0 Å². The summed E-state index contributed by atoms with van der Waals surface area (Å²) in [6.45, 7) is 1.18. The summed E-state index contributed by atoms with van der Waals surface area (Å²) < 4.78 is 5.24. The third-order valence-corrected chi connectivity index (χ3v) is 3.79. The van der Waals surface area contributed by atoms with Gasteiger partial charge in [0, 0.05) is 12.7 Å². The molecule has 21 heavy (non-hydrogen) atoms. The van der Waals surface area contributed by atoms with Crippen LogP contribution in [0.15, 0.2) is 47.2 Å². The molecule has 0 aromatic carbocycles. The highest BCUT2D eigenvalue weighted by atomic mass is 16.3. The van der Waals surface area contributed by atoms with Crippen LogP contribution in [0.4, 0.5) is 4.79 Å². The lowest BCUT2D eigenvalue weighted by Crippen LogP contribution is -2.44. The number of rotatable bonds is 3. The summed E-state index contributed by atoms with van der Waals surface area (Å²) in [5, 5.41) is 2.92. The molecule has 2 amide bonds. The Hall–Kier alpha value is -2.30. The molecule has 5 heteroatoms. The molecule has 0 spiro atoms. The van der Waals surface area contributed by atoms with Gasteiger partial charge in [0.15, 0.2) is 0 Å². The number of amides is 2. The van der Waals surface area contributed by atoms with Gasteiger partial charge in [-0.3, -0.25) is 4.98 Å². The molecule has 0 radical (unpaired) electrons. The fourth-order valence-electron chi connectivity index (χ4n) is 2.73. The Balaban J connectivity index is 1.67. The van der Waals surface area contributed by atoms with Crippen LogP contribution in [0.5, 0.6) is 0 Å². The second-order valence-electron chi connectivity index (χ2n) is 5.20. The van der Waals surface area contributed by atoms with E-state index in [1.165, 1.54) is 0 Å². The van der Waals surface area contributed by atoms with Gasteiger partial charge >= 0.3 is 6.03 Å². The third-order valence-electron chi connectivity index (χ3n) is 3.79. The Morgan fingerprint density at radius 2 is 2.29 bits per heavy atom. The number of aromatic nitrogens is 1. The first-order chi connectivity index (χ1) is 10.3. The topological polar surface area (TPSA) is 58.4 Å². The van der Waals surface area contributed by atoms with Crippen LogP contribution in [0.3, 0.4) is 0 Å². The van der Waals surface area contributed by atoms with E-state index in [1.54, 1.807) is 12.5 Å². The van der Waals surface area contributed by atoms with Gasteiger partial charge in [0.25, 0.3) is 0 Å². The summed E-state index contributed by atoms with van der Waals surface area (Å²) in [5.41, 5.74) is 0.963. The fourth-order valence-corrected chi connectivity index (χ4v) is 2.73. The molecule has 1 aliphatic rings. The first-order valence-electron chi connectivity index (χ1n) is 7.32. The van der Waals surface area contributed by atoms with Gasteiger partial charge in [0.05, 0.1) is 24.5 Å². The molecule has 3 heterocycles. The van der Waals surface area contributed by atoms with Crippen LogP contribution in [-0.4, -0.2) is 22.5 Å². The Bertz CT molecular complexity index is 568. The van der Waals surface area contributed by atoms with E-state index in [0.717, 1.165) is 37.3 Å². The number of nitrogens with one attached hydrogen (secondary N) is 1. The lowest BCUT2D eigenvalue weighted by atomic mass is 9.99. The third kappa shape index (κ3) is 3.24. The SMILES string of the molecule is O=C(NCc1ccco1)N1CCCC[C@@H]1c1ccccn1. The Morgan fingerprint density at radius 1 is 1.33 bits per heavy atom. The molecule has 1 saturated heterocycles. The molecular formula is C16H19N3O2. The van der Waals surface area contributed by atoms with Crippen molar-refractivity contribution in [3.05, 3.63) is 54.2 Å². The van der Waals surface area contributed by atoms with Crippen molar-refractivity contribution in [3.8, 4) is 0 Å². The van der Waals surface area contributed by atoms with E-state index in [-0.39, 0.29) is 12.1 Å². The van der Waals surface area contributed by atoms with Gasteiger partial charge in [-0.2, -0.15) is 0 Å². The number of carbonyl (C=O) groups excluding carboxylic acids is 1. The zero-order valence-electron chi connectivity index (χ0n) is 11.9. The van der Waals surface area contributed by atoms with Gasteiger partial charge in [0.1, 0.15) is 5.76 Å². The number of carbonyl (C=O) groups is 1. The highest BCUT2D eigenvalue weighted by molar-refractivity contribution is 5.74. The maximum absolute atomic E-state index is 12.4. The van der Waals surface area contributed by atoms with Gasteiger partial charge in [-0.05, 0) is 43.5 Å². The van der Waals surface area contributed by atoms with Crippen molar-refractivity contribution in [3.63, 3.8) is 0 Å². The smallest absolute Gasteiger partial charge is 0.318 e. The van der Waals surface area contributed by atoms with Crippen molar-refractivity contribution in [2.45, 2.75) is 31.8 Å². The standard InChI is InChI=1S/C16H19N3O2/c20-16(18-12-13-6-5-11-21-13)19-10-4-2-8-15(19)14-7-1-3-9-17-14/h1,3,5-7,9,11,15H,2,4,8,10,12H2,(H,18,20)/t15-/m1/s1. The minimum atomic E-state index is -0.0539. The predicted octanol–water partition coefficient (Wildman–Crippen LogP) is 3.11. The molecule has 0 saturated carbocycles. The van der Waals surface area contributed by atoms with E-state index in [9.17, 15) is 4.79 Å². The van der Waals surface area contributed by atoms with Crippen LogP contribution in [0.25, 0.3) is 0 Å². The minimum absolute atomic E-state index is 0.0539. The first kappa shape index (κ1) is 13.7. The van der Waals surface area contributed by atoms with Crippen molar-refractivity contribution in [1.82, 2.24) is 15.2 Å². The van der Waals surface area contributed by atoms with Crippen molar-refractivity contribution < 1.29 is 9.21 Å². The molecule has 2 aromatic heterocycles. The molecule has 2 aromatic rings. The Kier molecular flexibility index (Phi) is 4.19. The van der Waals surface area contributed by atoms with Gasteiger partial charge in [-0.15, -0.1) is 0 Å². The molecule has 0 unspecified atom stereocenters. The maximum Gasteiger partial charge on any atom is 0.318 e. The average Bonchev–Trinajstić information content (AvgIpc) is 3.07. The van der Waals surface area contributed by atoms with Gasteiger partial charge in [-0.25, -0.2) is 4.79 Å². The number of piperidine rings is 1. The number of likely N-dealkylation sites (tertiary alicyclic amines) is 1. The predicted molar refractivity (Wildman–Crippen MR) is 78.5 cm³/mol. The molecule has 5 nitrogen and oxygen atoms in total. The second-order valence-corrected chi connectivity index (χ2v) is 5.20. The van der Waals surface area contributed by atoms with Gasteiger partial charge < -0.3 is 14.6 Å². The molecule has 3 rings (SSSR count).